The number of piperidine rings is 1. The Morgan fingerprint density at radius 3 is 2.65 bits per heavy atom. The second-order valence-corrected chi connectivity index (χ2v) is 7.36. The number of likely N-dealkylation sites (tertiary alicyclic amines) is 1. The highest BCUT2D eigenvalue weighted by atomic mass is 35.5. The van der Waals surface area contributed by atoms with E-state index in [1.807, 2.05) is 12.1 Å². The molecule has 162 valence electrons. The first kappa shape index (κ1) is 22.5. The fourth-order valence-corrected chi connectivity index (χ4v) is 3.87. The number of hydrogen-bond acceptors (Lipinski definition) is 7. The molecular formula is C22H26ClN7O. The molecule has 0 spiro atoms. The van der Waals surface area contributed by atoms with Crippen LogP contribution in [0, 0.1) is 11.3 Å². The van der Waals surface area contributed by atoms with Gasteiger partial charge in [-0.15, -0.1) is 12.4 Å². The zero-order valence-electron chi connectivity index (χ0n) is 17.6. The van der Waals surface area contributed by atoms with Crippen LogP contribution >= 0.6 is 12.4 Å². The molecule has 2 aromatic heterocycles. The van der Waals surface area contributed by atoms with Gasteiger partial charge in [-0.2, -0.15) is 10.4 Å². The van der Waals surface area contributed by atoms with Crippen molar-refractivity contribution in [2.75, 3.05) is 32.1 Å². The topological polar surface area (TPSA) is 103 Å². The van der Waals surface area contributed by atoms with Gasteiger partial charge in [0, 0.05) is 11.6 Å². The molecule has 1 aromatic carbocycles. The molecule has 4 rings (SSSR count). The maximum Gasteiger partial charge on any atom is 0.158 e. The van der Waals surface area contributed by atoms with Crippen molar-refractivity contribution in [3.05, 3.63) is 47.9 Å². The average Bonchev–Trinajstić information content (AvgIpc) is 3.27. The largest absolute Gasteiger partial charge is 0.496 e. The molecule has 0 aliphatic carbocycles. The number of anilines is 2. The number of rotatable bonds is 6. The first-order valence-corrected chi connectivity index (χ1v) is 10.2. The molecule has 2 N–H and O–H groups in total. The molecule has 0 amide bonds. The van der Waals surface area contributed by atoms with Crippen LogP contribution in [-0.2, 0) is 0 Å². The predicted molar refractivity (Wildman–Crippen MR) is 122 cm³/mol. The van der Waals surface area contributed by atoms with Gasteiger partial charge in [-0.3, -0.25) is 5.10 Å². The molecule has 0 bridgehead atoms. The lowest BCUT2D eigenvalue weighted by Gasteiger charge is -2.31. The van der Waals surface area contributed by atoms with Crippen LogP contribution in [0.25, 0.3) is 11.3 Å². The van der Waals surface area contributed by atoms with Crippen molar-refractivity contribution in [1.82, 2.24) is 25.1 Å². The number of hydrogen-bond donors (Lipinski definition) is 2. The van der Waals surface area contributed by atoms with Crippen molar-refractivity contribution in [2.24, 2.45) is 0 Å². The number of aromatic nitrogens is 4. The smallest absolute Gasteiger partial charge is 0.158 e. The van der Waals surface area contributed by atoms with Crippen molar-refractivity contribution < 1.29 is 4.74 Å². The van der Waals surface area contributed by atoms with Gasteiger partial charge < -0.3 is 15.0 Å². The molecule has 9 heteroatoms. The van der Waals surface area contributed by atoms with Crippen LogP contribution in [0.3, 0.4) is 0 Å². The van der Waals surface area contributed by atoms with Crippen LogP contribution in [0.1, 0.15) is 36.9 Å². The van der Waals surface area contributed by atoms with E-state index in [1.54, 1.807) is 7.11 Å². The Morgan fingerprint density at radius 1 is 1.19 bits per heavy atom. The van der Waals surface area contributed by atoms with Gasteiger partial charge >= 0.3 is 0 Å². The SMILES string of the molecule is CCN1CCC(c2ccc(-c3cc(Nc4cnc(C#N)cn4)n[nH]3)c(OC)c2)CC1.Cl. The summed E-state index contributed by atoms with van der Waals surface area (Å²) in [5, 5.41) is 19.3. The molecule has 1 fully saturated rings. The van der Waals surface area contributed by atoms with Crippen molar-refractivity contribution in [2.45, 2.75) is 25.7 Å². The Balaban J connectivity index is 0.00000272. The Morgan fingerprint density at radius 2 is 2.00 bits per heavy atom. The summed E-state index contributed by atoms with van der Waals surface area (Å²) in [5.41, 5.74) is 3.41. The third-order valence-electron chi connectivity index (χ3n) is 5.62. The van der Waals surface area contributed by atoms with Gasteiger partial charge in [0.2, 0.25) is 0 Å². The van der Waals surface area contributed by atoms with Crippen molar-refractivity contribution in [3.63, 3.8) is 0 Å². The van der Waals surface area contributed by atoms with Gasteiger partial charge in [-0.1, -0.05) is 13.0 Å². The molecule has 0 radical (unpaired) electrons. The molecular weight excluding hydrogens is 414 g/mol. The Labute approximate surface area is 188 Å². The van der Waals surface area contributed by atoms with Gasteiger partial charge in [-0.05, 0) is 56.1 Å². The monoisotopic (exact) mass is 439 g/mol. The number of nitriles is 1. The predicted octanol–water partition coefficient (Wildman–Crippen LogP) is 4.11. The second kappa shape index (κ2) is 10.2. The minimum absolute atomic E-state index is 0. The molecule has 8 nitrogen and oxygen atoms in total. The number of aromatic amines is 1. The molecule has 0 unspecified atom stereocenters. The van der Waals surface area contributed by atoms with Crippen LogP contribution in [0.2, 0.25) is 0 Å². The summed E-state index contributed by atoms with van der Waals surface area (Å²) < 4.78 is 5.70. The summed E-state index contributed by atoms with van der Waals surface area (Å²) in [7, 11) is 1.70. The van der Waals surface area contributed by atoms with Crippen molar-refractivity contribution >= 4 is 24.0 Å². The van der Waals surface area contributed by atoms with E-state index in [9.17, 15) is 0 Å². The van der Waals surface area contributed by atoms with Crippen LogP contribution in [0.4, 0.5) is 11.6 Å². The second-order valence-electron chi connectivity index (χ2n) is 7.36. The molecule has 3 aromatic rings. The lowest BCUT2D eigenvalue weighted by Crippen LogP contribution is -2.32. The third-order valence-corrected chi connectivity index (χ3v) is 5.62. The highest BCUT2D eigenvalue weighted by molar-refractivity contribution is 5.85. The van der Waals surface area contributed by atoms with Crippen LogP contribution < -0.4 is 10.1 Å². The van der Waals surface area contributed by atoms with Crippen molar-refractivity contribution in [1.29, 1.82) is 5.26 Å². The summed E-state index contributed by atoms with van der Waals surface area (Å²) in [6.45, 7) is 5.65. The molecule has 31 heavy (non-hydrogen) atoms. The zero-order valence-corrected chi connectivity index (χ0v) is 18.4. The minimum atomic E-state index is 0. The average molecular weight is 440 g/mol. The van der Waals surface area contributed by atoms with Crippen LogP contribution in [-0.4, -0.2) is 51.8 Å². The number of nitrogens with one attached hydrogen (secondary N) is 2. The first-order valence-electron chi connectivity index (χ1n) is 10.2. The van der Waals surface area contributed by atoms with E-state index in [1.165, 1.54) is 30.8 Å². The molecule has 1 aliphatic rings. The molecule has 0 atom stereocenters. The molecule has 0 saturated carbocycles. The van der Waals surface area contributed by atoms with Gasteiger partial charge in [0.15, 0.2) is 11.5 Å². The fraction of sp³-hybridized carbons (Fsp3) is 0.364. The van der Waals surface area contributed by atoms with Gasteiger partial charge in [-0.25, -0.2) is 9.97 Å². The van der Waals surface area contributed by atoms with E-state index in [4.69, 9.17) is 10.00 Å². The Kier molecular flexibility index (Phi) is 7.45. The van der Waals surface area contributed by atoms with E-state index in [0.29, 0.717) is 17.6 Å². The number of ether oxygens (including phenoxy) is 1. The lowest BCUT2D eigenvalue weighted by atomic mass is 9.88. The maximum atomic E-state index is 8.82. The minimum Gasteiger partial charge on any atom is -0.496 e. The van der Waals surface area contributed by atoms with Gasteiger partial charge in [0.25, 0.3) is 0 Å². The van der Waals surface area contributed by atoms with Crippen LogP contribution in [0.15, 0.2) is 36.7 Å². The Hall–Kier alpha value is -3.15. The van der Waals surface area contributed by atoms with Gasteiger partial charge in [0.05, 0.1) is 25.2 Å². The Bertz CT molecular complexity index is 1040. The summed E-state index contributed by atoms with van der Waals surface area (Å²) in [4.78, 5) is 10.7. The van der Waals surface area contributed by atoms with E-state index < -0.39 is 0 Å². The van der Waals surface area contributed by atoms with Crippen LogP contribution in [0.5, 0.6) is 5.75 Å². The molecule has 1 aliphatic heterocycles. The first-order chi connectivity index (χ1) is 14.7. The highest BCUT2D eigenvalue weighted by Crippen LogP contribution is 2.36. The van der Waals surface area contributed by atoms with E-state index in [0.717, 1.165) is 36.6 Å². The van der Waals surface area contributed by atoms with E-state index in [-0.39, 0.29) is 18.1 Å². The quantitative estimate of drug-likeness (QED) is 0.595. The number of H-pyrrole nitrogens is 1. The normalized spacial score (nSPS) is 14.5. The van der Waals surface area contributed by atoms with E-state index in [2.05, 4.69) is 55.5 Å². The zero-order chi connectivity index (χ0) is 20.9. The van der Waals surface area contributed by atoms with E-state index >= 15 is 0 Å². The summed E-state index contributed by atoms with van der Waals surface area (Å²) in [6, 6.07) is 10.3. The summed E-state index contributed by atoms with van der Waals surface area (Å²) >= 11 is 0. The maximum absolute atomic E-state index is 8.82. The lowest BCUT2D eigenvalue weighted by molar-refractivity contribution is 0.222. The highest BCUT2D eigenvalue weighted by Gasteiger charge is 2.21. The summed E-state index contributed by atoms with van der Waals surface area (Å²) in [6.07, 6.45) is 5.29. The van der Waals surface area contributed by atoms with Crippen molar-refractivity contribution in [3.8, 4) is 23.1 Å². The number of benzene rings is 1. The summed E-state index contributed by atoms with van der Waals surface area (Å²) in [5.74, 6) is 2.54. The number of halogens is 1. The molecule has 1 saturated heterocycles. The number of nitrogens with zero attached hydrogens (tertiary/aromatic N) is 5. The standard InChI is InChI=1S/C22H25N7O.ClH/c1-3-29-8-6-15(7-9-29)16-4-5-18(20(10-16)30-2)19-11-21(28-27-19)26-22-14-24-17(12-23)13-25-22;/h4-5,10-11,13-15H,3,6-9H2,1-2H3,(H2,25,26,27,28);1H. The third kappa shape index (κ3) is 5.13. The number of methoxy groups -OCH3 is 1. The van der Waals surface area contributed by atoms with Gasteiger partial charge in [0.1, 0.15) is 17.6 Å². The molecule has 3 heterocycles. The fourth-order valence-electron chi connectivity index (χ4n) is 3.87.